The number of rotatable bonds is 0. The Bertz CT molecular complexity index is 160. The number of fused-ring (bicyclic) bond motifs is 2. The first kappa shape index (κ1) is 7.29. The Morgan fingerprint density at radius 3 is 2.27 bits per heavy atom. The molecule has 2 nitrogen and oxygen atoms in total. The molecule has 2 rings (SSSR count). The molecule has 2 aliphatic rings. The molecule has 11 heavy (non-hydrogen) atoms. The molecule has 0 aromatic heterocycles. The standard InChI is InChI=1S/C9H14O2/c10-8-4-6-2-1-3-7(5-8)9(6)11/h6-7,9,11H,1-5H2. The molecule has 2 aliphatic carbocycles. The summed E-state index contributed by atoms with van der Waals surface area (Å²) < 4.78 is 0. The third kappa shape index (κ3) is 1.20. The molecule has 62 valence electrons. The molecule has 2 fully saturated rings. The van der Waals surface area contributed by atoms with E-state index in [1.807, 2.05) is 0 Å². The monoisotopic (exact) mass is 154 g/mol. The van der Waals surface area contributed by atoms with Crippen LogP contribution in [0, 0.1) is 11.8 Å². The number of ketones is 1. The number of hydrogen-bond donors (Lipinski definition) is 1. The van der Waals surface area contributed by atoms with Gasteiger partial charge in [0.15, 0.2) is 0 Å². The van der Waals surface area contributed by atoms with Crippen LogP contribution >= 0.6 is 0 Å². The van der Waals surface area contributed by atoms with Gasteiger partial charge in [-0.2, -0.15) is 0 Å². The van der Waals surface area contributed by atoms with E-state index in [1.54, 1.807) is 0 Å². The van der Waals surface area contributed by atoms with Crippen LogP contribution in [-0.4, -0.2) is 17.0 Å². The predicted octanol–water partition coefficient (Wildman–Crippen LogP) is 1.13. The van der Waals surface area contributed by atoms with Gasteiger partial charge in [-0.1, -0.05) is 6.42 Å². The Morgan fingerprint density at radius 2 is 1.73 bits per heavy atom. The highest BCUT2D eigenvalue weighted by atomic mass is 16.3. The molecule has 2 bridgehead atoms. The quantitative estimate of drug-likeness (QED) is 0.568. The third-order valence-corrected chi connectivity index (χ3v) is 3.10. The second kappa shape index (κ2) is 2.59. The van der Waals surface area contributed by atoms with E-state index in [4.69, 9.17) is 0 Å². The maximum absolute atomic E-state index is 11.1. The summed E-state index contributed by atoms with van der Waals surface area (Å²) in [5, 5.41) is 9.65. The van der Waals surface area contributed by atoms with Gasteiger partial charge >= 0.3 is 0 Å². The third-order valence-electron chi connectivity index (χ3n) is 3.10. The second-order valence-electron chi connectivity index (χ2n) is 3.89. The van der Waals surface area contributed by atoms with E-state index in [2.05, 4.69) is 0 Å². The number of aliphatic hydroxyl groups excluding tert-OH is 1. The Labute approximate surface area is 66.6 Å². The normalized spacial score (nSPS) is 44.1. The van der Waals surface area contributed by atoms with Crippen LogP contribution in [0.3, 0.4) is 0 Å². The van der Waals surface area contributed by atoms with E-state index in [0.29, 0.717) is 30.5 Å². The van der Waals surface area contributed by atoms with Gasteiger partial charge < -0.3 is 5.11 Å². The van der Waals surface area contributed by atoms with Gasteiger partial charge in [0.2, 0.25) is 0 Å². The van der Waals surface area contributed by atoms with Crippen molar-refractivity contribution in [3.8, 4) is 0 Å². The van der Waals surface area contributed by atoms with Crippen molar-refractivity contribution in [1.29, 1.82) is 0 Å². The minimum absolute atomic E-state index is 0.165. The summed E-state index contributed by atoms with van der Waals surface area (Å²) in [6.45, 7) is 0. The largest absolute Gasteiger partial charge is 0.393 e. The fourth-order valence-electron chi connectivity index (χ4n) is 2.48. The molecule has 2 atom stereocenters. The topological polar surface area (TPSA) is 37.3 Å². The van der Waals surface area contributed by atoms with Gasteiger partial charge in [0.1, 0.15) is 5.78 Å². The second-order valence-corrected chi connectivity index (χ2v) is 3.89. The Balaban J connectivity index is 2.12. The SMILES string of the molecule is O=C1CC2CCCC(C1)C2O. The molecule has 0 radical (unpaired) electrons. The zero-order chi connectivity index (χ0) is 7.84. The average Bonchev–Trinajstić information content (AvgIpc) is 1.92. The molecule has 0 spiro atoms. The van der Waals surface area contributed by atoms with Gasteiger partial charge in [0.05, 0.1) is 6.10 Å². The first-order valence-electron chi connectivity index (χ1n) is 4.47. The summed E-state index contributed by atoms with van der Waals surface area (Å²) in [6.07, 6.45) is 4.43. The Hall–Kier alpha value is -0.370. The highest BCUT2D eigenvalue weighted by molar-refractivity contribution is 5.80. The zero-order valence-corrected chi connectivity index (χ0v) is 6.62. The summed E-state index contributed by atoms with van der Waals surface area (Å²) >= 11 is 0. The predicted molar refractivity (Wildman–Crippen MR) is 41.1 cm³/mol. The van der Waals surface area contributed by atoms with Crippen molar-refractivity contribution in [1.82, 2.24) is 0 Å². The molecule has 0 aliphatic heterocycles. The lowest BCUT2D eigenvalue weighted by molar-refractivity contribution is -0.130. The van der Waals surface area contributed by atoms with Crippen molar-refractivity contribution in [3.05, 3.63) is 0 Å². The average molecular weight is 154 g/mol. The van der Waals surface area contributed by atoms with Gasteiger partial charge in [-0.05, 0) is 24.7 Å². The number of carbonyl (C=O) groups excluding carboxylic acids is 1. The van der Waals surface area contributed by atoms with Crippen LogP contribution in [0.2, 0.25) is 0 Å². The van der Waals surface area contributed by atoms with E-state index < -0.39 is 0 Å². The van der Waals surface area contributed by atoms with Crippen molar-refractivity contribution in [2.24, 2.45) is 11.8 Å². The van der Waals surface area contributed by atoms with Crippen LogP contribution in [0.25, 0.3) is 0 Å². The van der Waals surface area contributed by atoms with E-state index in [1.165, 1.54) is 6.42 Å². The van der Waals surface area contributed by atoms with Crippen molar-refractivity contribution in [2.45, 2.75) is 38.2 Å². The van der Waals surface area contributed by atoms with Crippen molar-refractivity contribution in [2.75, 3.05) is 0 Å². The van der Waals surface area contributed by atoms with Crippen LogP contribution in [0.15, 0.2) is 0 Å². The van der Waals surface area contributed by atoms with Gasteiger partial charge in [-0.3, -0.25) is 4.79 Å². The molecule has 0 amide bonds. The molecule has 2 heteroatoms. The fraction of sp³-hybridized carbons (Fsp3) is 0.889. The molecule has 0 heterocycles. The zero-order valence-electron chi connectivity index (χ0n) is 6.62. The van der Waals surface area contributed by atoms with Crippen LogP contribution in [0.1, 0.15) is 32.1 Å². The smallest absolute Gasteiger partial charge is 0.133 e. The summed E-state index contributed by atoms with van der Waals surface area (Å²) in [5.74, 6) is 0.968. The molecule has 0 aromatic rings. The molecular weight excluding hydrogens is 140 g/mol. The van der Waals surface area contributed by atoms with E-state index in [9.17, 15) is 9.90 Å². The van der Waals surface area contributed by atoms with E-state index in [0.717, 1.165) is 12.8 Å². The van der Waals surface area contributed by atoms with Gasteiger partial charge in [-0.25, -0.2) is 0 Å². The first-order chi connectivity index (χ1) is 5.27. The Morgan fingerprint density at radius 1 is 1.18 bits per heavy atom. The van der Waals surface area contributed by atoms with Crippen molar-refractivity contribution < 1.29 is 9.90 Å². The first-order valence-corrected chi connectivity index (χ1v) is 4.47. The lowest BCUT2D eigenvalue weighted by atomic mass is 9.70. The number of hydrogen-bond acceptors (Lipinski definition) is 2. The lowest BCUT2D eigenvalue weighted by Gasteiger charge is -2.38. The molecule has 2 unspecified atom stereocenters. The van der Waals surface area contributed by atoms with Gasteiger partial charge in [0.25, 0.3) is 0 Å². The molecule has 1 N–H and O–H groups in total. The number of carbonyl (C=O) groups is 1. The van der Waals surface area contributed by atoms with Crippen molar-refractivity contribution >= 4 is 5.78 Å². The molecular formula is C9H14O2. The number of Topliss-reactive ketones (excluding diaryl/α,β-unsaturated/α-hetero) is 1. The summed E-state index contributed by atoms with van der Waals surface area (Å²) in [4.78, 5) is 11.1. The van der Waals surface area contributed by atoms with Gasteiger partial charge in [0, 0.05) is 12.8 Å². The maximum atomic E-state index is 11.1. The Kier molecular flexibility index (Phi) is 1.72. The van der Waals surface area contributed by atoms with E-state index >= 15 is 0 Å². The van der Waals surface area contributed by atoms with Crippen molar-refractivity contribution in [3.63, 3.8) is 0 Å². The van der Waals surface area contributed by atoms with E-state index in [-0.39, 0.29) is 6.10 Å². The van der Waals surface area contributed by atoms with Crippen LogP contribution < -0.4 is 0 Å². The summed E-state index contributed by atoms with van der Waals surface area (Å²) in [5.41, 5.74) is 0. The highest BCUT2D eigenvalue weighted by Gasteiger charge is 2.38. The van der Waals surface area contributed by atoms with Crippen LogP contribution in [0.5, 0.6) is 0 Å². The summed E-state index contributed by atoms with van der Waals surface area (Å²) in [6, 6.07) is 0. The summed E-state index contributed by atoms with van der Waals surface area (Å²) in [7, 11) is 0. The van der Waals surface area contributed by atoms with Gasteiger partial charge in [-0.15, -0.1) is 0 Å². The minimum atomic E-state index is -0.165. The molecule has 2 saturated carbocycles. The molecule has 0 saturated heterocycles. The minimum Gasteiger partial charge on any atom is -0.393 e. The van der Waals surface area contributed by atoms with Crippen LogP contribution in [0.4, 0.5) is 0 Å². The fourth-order valence-corrected chi connectivity index (χ4v) is 2.48. The highest BCUT2D eigenvalue weighted by Crippen LogP contribution is 2.38. The van der Waals surface area contributed by atoms with Crippen LogP contribution in [-0.2, 0) is 4.79 Å². The number of aliphatic hydroxyl groups is 1. The molecule has 0 aromatic carbocycles. The lowest BCUT2D eigenvalue weighted by Crippen LogP contribution is -2.40. The maximum Gasteiger partial charge on any atom is 0.133 e.